The molecule has 2 aromatic heterocycles. The highest BCUT2D eigenvalue weighted by molar-refractivity contribution is 5.94. The zero-order chi connectivity index (χ0) is 26.6. The minimum absolute atomic E-state index is 0.113. The van der Waals surface area contributed by atoms with Crippen LogP contribution < -0.4 is 0 Å². The van der Waals surface area contributed by atoms with Gasteiger partial charge in [-0.2, -0.15) is 26.3 Å². The summed E-state index contributed by atoms with van der Waals surface area (Å²) in [4.78, 5) is 39.2. The fraction of sp³-hybridized carbons (Fsp3) is 0.400. The summed E-state index contributed by atoms with van der Waals surface area (Å²) in [6.45, 7) is 2.49. The maximum atomic E-state index is 12.8. The van der Waals surface area contributed by atoms with Gasteiger partial charge in [-0.05, 0) is 31.3 Å². The fourth-order valence-electron chi connectivity index (χ4n) is 3.55. The molecule has 0 radical (unpaired) electrons. The van der Waals surface area contributed by atoms with Crippen molar-refractivity contribution >= 4 is 17.8 Å². The molecule has 9 nitrogen and oxygen atoms in total. The SMILES string of the molecule is CN1CC2C(C1)n1cccc1C(=O)N2Cc1ccccn1.O=C(O)C(F)(F)F.O=C(O)C(F)(F)F. The fourth-order valence-corrected chi connectivity index (χ4v) is 3.55. The van der Waals surface area contributed by atoms with Crippen molar-refractivity contribution in [3.63, 3.8) is 0 Å². The van der Waals surface area contributed by atoms with Crippen LogP contribution in [0.25, 0.3) is 0 Å². The molecule has 0 saturated carbocycles. The summed E-state index contributed by atoms with van der Waals surface area (Å²) in [6.07, 6.45) is -6.35. The molecule has 0 aromatic carbocycles. The first-order valence-electron chi connectivity index (χ1n) is 9.79. The minimum Gasteiger partial charge on any atom is -0.475 e. The van der Waals surface area contributed by atoms with Crippen LogP contribution in [0.1, 0.15) is 22.2 Å². The minimum atomic E-state index is -5.08. The first-order valence-corrected chi connectivity index (χ1v) is 9.79. The Balaban J connectivity index is 0.000000257. The van der Waals surface area contributed by atoms with Gasteiger partial charge in [0.15, 0.2) is 0 Å². The van der Waals surface area contributed by atoms with Gasteiger partial charge in [0.1, 0.15) is 5.69 Å². The summed E-state index contributed by atoms with van der Waals surface area (Å²) in [5, 5.41) is 14.2. The molecule has 2 aromatic rings. The number of aromatic nitrogens is 2. The first kappa shape index (κ1) is 27.6. The van der Waals surface area contributed by atoms with Crippen molar-refractivity contribution in [2.24, 2.45) is 0 Å². The van der Waals surface area contributed by atoms with Crippen LogP contribution in [0, 0.1) is 0 Å². The second-order valence-corrected chi connectivity index (χ2v) is 7.52. The molecule has 2 unspecified atom stereocenters. The molecule has 2 atom stereocenters. The van der Waals surface area contributed by atoms with E-state index in [1.54, 1.807) is 6.20 Å². The highest BCUT2D eigenvalue weighted by Gasteiger charge is 2.44. The number of amides is 1. The molecule has 1 fully saturated rings. The van der Waals surface area contributed by atoms with Gasteiger partial charge in [-0.3, -0.25) is 9.78 Å². The molecule has 4 heterocycles. The zero-order valence-corrected chi connectivity index (χ0v) is 18.0. The summed E-state index contributed by atoms with van der Waals surface area (Å²) in [5.41, 5.74) is 1.74. The van der Waals surface area contributed by atoms with Crippen molar-refractivity contribution in [1.82, 2.24) is 19.4 Å². The lowest BCUT2D eigenvalue weighted by Crippen LogP contribution is -2.49. The lowest BCUT2D eigenvalue weighted by Gasteiger charge is -2.38. The van der Waals surface area contributed by atoms with E-state index in [1.807, 2.05) is 41.4 Å². The molecule has 35 heavy (non-hydrogen) atoms. The summed E-state index contributed by atoms with van der Waals surface area (Å²) >= 11 is 0. The number of fused-ring (bicyclic) bond motifs is 3. The zero-order valence-electron chi connectivity index (χ0n) is 18.0. The molecule has 2 aliphatic heterocycles. The molecule has 1 saturated heterocycles. The number of nitrogens with zero attached hydrogens (tertiary/aromatic N) is 4. The largest absolute Gasteiger partial charge is 0.490 e. The number of hydrogen-bond acceptors (Lipinski definition) is 5. The number of aliphatic carboxylic acids is 2. The molecule has 0 bridgehead atoms. The molecular formula is C20H20F6N4O5. The van der Waals surface area contributed by atoms with Gasteiger partial charge in [-0.25, -0.2) is 9.59 Å². The number of carbonyl (C=O) groups excluding carboxylic acids is 1. The molecular weight excluding hydrogens is 490 g/mol. The van der Waals surface area contributed by atoms with Crippen molar-refractivity contribution in [1.29, 1.82) is 0 Å². The Morgan fingerprint density at radius 2 is 1.51 bits per heavy atom. The second-order valence-electron chi connectivity index (χ2n) is 7.52. The van der Waals surface area contributed by atoms with Gasteiger partial charge >= 0.3 is 24.3 Å². The average Bonchev–Trinajstić information content (AvgIpc) is 3.38. The van der Waals surface area contributed by atoms with E-state index >= 15 is 0 Å². The smallest absolute Gasteiger partial charge is 0.475 e. The number of carboxylic acid groups (broad SMARTS) is 2. The van der Waals surface area contributed by atoms with E-state index in [0.29, 0.717) is 12.6 Å². The van der Waals surface area contributed by atoms with Gasteiger partial charge in [0.2, 0.25) is 0 Å². The van der Waals surface area contributed by atoms with E-state index in [4.69, 9.17) is 19.8 Å². The number of rotatable bonds is 2. The normalized spacial score (nSPS) is 19.5. The quantitative estimate of drug-likeness (QED) is 0.597. The van der Waals surface area contributed by atoms with Crippen LogP contribution in [0.4, 0.5) is 26.3 Å². The second kappa shape index (κ2) is 10.8. The number of likely N-dealkylation sites (tertiary alicyclic amines) is 1. The molecule has 1 amide bonds. The Labute approximate surface area is 194 Å². The maximum absolute atomic E-state index is 12.8. The van der Waals surface area contributed by atoms with Crippen molar-refractivity contribution in [3.8, 4) is 0 Å². The van der Waals surface area contributed by atoms with Gasteiger partial charge < -0.3 is 24.6 Å². The lowest BCUT2D eigenvalue weighted by molar-refractivity contribution is -0.193. The number of carboxylic acids is 2. The predicted molar refractivity (Wildman–Crippen MR) is 106 cm³/mol. The summed E-state index contributed by atoms with van der Waals surface area (Å²) in [6, 6.07) is 10.3. The van der Waals surface area contributed by atoms with Crippen molar-refractivity contribution in [2.45, 2.75) is 31.0 Å². The van der Waals surface area contributed by atoms with E-state index in [-0.39, 0.29) is 11.9 Å². The number of pyridine rings is 1. The number of halogens is 6. The number of alkyl halides is 6. The van der Waals surface area contributed by atoms with Crippen molar-refractivity contribution in [2.75, 3.05) is 20.1 Å². The number of likely N-dealkylation sites (N-methyl/N-ethyl adjacent to an activating group) is 1. The standard InChI is InChI=1S/C16H18N4O.2C2HF3O2/c1-18-10-14-15(11-18)20(9-12-5-2-3-7-17-12)16(21)13-6-4-8-19(13)14;2*3-2(4,5)1(6)7/h2-8,14-15H,9-11H2,1H3;2*(H,6,7). The molecule has 2 aliphatic rings. The number of carbonyl (C=O) groups is 3. The van der Waals surface area contributed by atoms with Crippen molar-refractivity contribution in [3.05, 3.63) is 54.1 Å². The van der Waals surface area contributed by atoms with E-state index < -0.39 is 24.3 Å². The lowest BCUT2D eigenvalue weighted by atomic mass is 10.1. The Morgan fingerprint density at radius 3 is 2.00 bits per heavy atom. The molecule has 0 spiro atoms. The molecule has 15 heteroatoms. The Hall–Kier alpha value is -3.62. The third-order valence-corrected chi connectivity index (χ3v) is 5.00. The molecule has 192 valence electrons. The van der Waals surface area contributed by atoms with E-state index in [9.17, 15) is 31.1 Å². The Morgan fingerprint density at radius 1 is 0.971 bits per heavy atom. The molecule has 4 rings (SSSR count). The van der Waals surface area contributed by atoms with Crippen LogP contribution in [0.15, 0.2) is 42.7 Å². The Bertz CT molecular complexity index is 1020. The summed E-state index contributed by atoms with van der Waals surface area (Å²) in [7, 11) is 2.12. The Kier molecular flexibility index (Phi) is 8.49. The summed E-state index contributed by atoms with van der Waals surface area (Å²) in [5.74, 6) is -5.40. The monoisotopic (exact) mass is 510 g/mol. The van der Waals surface area contributed by atoms with Crippen LogP contribution in [0.5, 0.6) is 0 Å². The third-order valence-electron chi connectivity index (χ3n) is 5.00. The topological polar surface area (TPSA) is 116 Å². The van der Waals surface area contributed by atoms with Gasteiger partial charge in [0, 0.05) is 25.5 Å². The van der Waals surface area contributed by atoms with Crippen LogP contribution in [-0.2, 0) is 16.1 Å². The van der Waals surface area contributed by atoms with Crippen molar-refractivity contribution < 1.29 is 50.9 Å². The van der Waals surface area contributed by atoms with Gasteiger partial charge in [-0.1, -0.05) is 6.07 Å². The van der Waals surface area contributed by atoms with Crippen LogP contribution in [0.2, 0.25) is 0 Å². The average molecular weight is 510 g/mol. The third kappa shape index (κ3) is 7.18. The van der Waals surface area contributed by atoms with Crippen LogP contribution in [-0.4, -0.2) is 85.9 Å². The highest BCUT2D eigenvalue weighted by atomic mass is 19.4. The van der Waals surface area contributed by atoms with E-state index in [1.165, 1.54) is 0 Å². The molecule has 2 N–H and O–H groups in total. The number of hydrogen-bond donors (Lipinski definition) is 2. The van der Waals surface area contributed by atoms with Gasteiger partial charge in [0.05, 0.1) is 24.3 Å². The first-order chi connectivity index (χ1) is 16.1. The molecule has 0 aliphatic carbocycles. The highest BCUT2D eigenvalue weighted by Crippen LogP contribution is 2.33. The predicted octanol–water partition coefficient (Wildman–Crippen LogP) is 2.66. The van der Waals surface area contributed by atoms with Crippen LogP contribution in [0.3, 0.4) is 0 Å². The van der Waals surface area contributed by atoms with E-state index in [2.05, 4.69) is 21.5 Å². The maximum Gasteiger partial charge on any atom is 0.490 e. The van der Waals surface area contributed by atoms with Gasteiger partial charge in [-0.15, -0.1) is 0 Å². The van der Waals surface area contributed by atoms with Gasteiger partial charge in [0.25, 0.3) is 5.91 Å². The van der Waals surface area contributed by atoms with Crippen LogP contribution >= 0.6 is 0 Å². The van der Waals surface area contributed by atoms with E-state index in [0.717, 1.165) is 24.5 Å². The summed E-state index contributed by atoms with van der Waals surface area (Å²) < 4.78 is 65.6.